The first-order valence-corrected chi connectivity index (χ1v) is 10.4. The van der Waals surface area contributed by atoms with Gasteiger partial charge in [-0.1, -0.05) is 12.8 Å². The zero-order chi connectivity index (χ0) is 21.1. The number of fused-ring (bicyclic) bond motifs is 1. The topological polar surface area (TPSA) is 59.3 Å². The number of anilines is 2. The Morgan fingerprint density at radius 1 is 1.17 bits per heavy atom. The van der Waals surface area contributed by atoms with E-state index < -0.39 is 0 Å². The zero-order valence-electron chi connectivity index (χ0n) is 18.1. The van der Waals surface area contributed by atoms with E-state index in [0.29, 0.717) is 0 Å². The van der Waals surface area contributed by atoms with Crippen LogP contribution in [0.2, 0.25) is 0 Å². The van der Waals surface area contributed by atoms with Gasteiger partial charge in [-0.25, -0.2) is 9.97 Å². The summed E-state index contributed by atoms with van der Waals surface area (Å²) in [6, 6.07) is 4.25. The zero-order valence-corrected chi connectivity index (χ0v) is 18.1. The molecule has 30 heavy (non-hydrogen) atoms. The molecule has 0 saturated carbocycles. The van der Waals surface area contributed by atoms with E-state index in [-0.39, 0.29) is 6.04 Å². The Morgan fingerprint density at radius 2 is 1.97 bits per heavy atom. The lowest BCUT2D eigenvalue weighted by atomic mass is 10.1. The fourth-order valence-corrected chi connectivity index (χ4v) is 3.89. The van der Waals surface area contributed by atoms with Crippen LogP contribution in [-0.2, 0) is 18.2 Å². The number of morpholine rings is 1. The lowest BCUT2D eigenvalue weighted by molar-refractivity contribution is 0.0263. The van der Waals surface area contributed by atoms with Crippen molar-refractivity contribution in [2.75, 3.05) is 38.3 Å². The number of hydrogen-bond donors (Lipinski definition) is 0. The molecule has 1 atom stereocenters. The first-order valence-electron chi connectivity index (χ1n) is 10.4. The van der Waals surface area contributed by atoms with Crippen molar-refractivity contribution in [2.45, 2.75) is 26.3 Å². The summed E-state index contributed by atoms with van der Waals surface area (Å²) in [5.74, 6) is 7.30. The van der Waals surface area contributed by atoms with Gasteiger partial charge in [-0.2, -0.15) is 0 Å². The Labute approximate surface area is 177 Å². The molecule has 1 fully saturated rings. The molecule has 3 aromatic heterocycles. The predicted octanol–water partition coefficient (Wildman–Crippen LogP) is 3.09. The van der Waals surface area contributed by atoms with Crippen molar-refractivity contribution in [3.05, 3.63) is 42.1 Å². The van der Waals surface area contributed by atoms with E-state index >= 15 is 0 Å². The number of pyridine rings is 2. The van der Waals surface area contributed by atoms with E-state index in [1.165, 1.54) is 5.56 Å². The fourth-order valence-electron chi connectivity index (χ4n) is 3.89. The van der Waals surface area contributed by atoms with Gasteiger partial charge in [0.25, 0.3) is 0 Å². The van der Waals surface area contributed by atoms with Crippen LogP contribution in [0.4, 0.5) is 11.5 Å². The molecule has 7 nitrogen and oxygen atoms in total. The summed E-state index contributed by atoms with van der Waals surface area (Å²) in [6.07, 6.45) is 6.48. The number of rotatable bonds is 5. The van der Waals surface area contributed by atoms with Crippen LogP contribution in [0.5, 0.6) is 0 Å². The summed E-state index contributed by atoms with van der Waals surface area (Å²) in [4.78, 5) is 18.2. The highest BCUT2D eigenvalue weighted by molar-refractivity contribution is 5.79. The second-order valence-corrected chi connectivity index (χ2v) is 7.48. The smallest absolute Gasteiger partial charge is 0.134 e. The molecule has 0 aromatic carbocycles. The van der Waals surface area contributed by atoms with Gasteiger partial charge in [-0.05, 0) is 25.0 Å². The molecular formula is C23H28N6O. The quantitative estimate of drug-likeness (QED) is 0.609. The Bertz CT molecular complexity index is 1090. The van der Waals surface area contributed by atoms with E-state index in [2.05, 4.69) is 50.7 Å². The number of aromatic nitrogens is 4. The Morgan fingerprint density at radius 3 is 2.70 bits per heavy atom. The molecule has 1 aliphatic rings. The number of hydrogen-bond acceptors (Lipinski definition) is 6. The van der Waals surface area contributed by atoms with Crippen LogP contribution in [-0.4, -0.2) is 57.8 Å². The summed E-state index contributed by atoms with van der Waals surface area (Å²) >= 11 is 0. The average Bonchev–Trinajstić information content (AvgIpc) is 3.17. The lowest BCUT2D eigenvalue weighted by Gasteiger charge is -2.31. The molecule has 1 aliphatic heterocycles. The molecule has 0 spiro atoms. The van der Waals surface area contributed by atoms with Crippen molar-refractivity contribution >= 4 is 22.5 Å². The van der Waals surface area contributed by atoms with Crippen LogP contribution < -0.4 is 4.90 Å². The second-order valence-electron chi connectivity index (χ2n) is 7.48. The van der Waals surface area contributed by atoms with Crippen molar-refractivity contribution in [1.82, 2.24) is 24.4 Å². The SMILES string of the molecule is CC#CC(c1cc(CC)c(N(C)c2cc3c(cn2)ncn3C)cn1)N1CCOCC1. The van der Waals surface area contributed by atoms with E-state index in [1.54, 1.807) is 0 Å². The number of nitrogens with zero attached hydrogens (tertiary/aromatic N) is 6. The first kappa shape index (κ1) is 20.3. The molecule has 3 aromatic rings. The van der Waals surface area contributed by atoms with Crippen LogP contribution >= 0.6 is 0 Å². The van der Waals surface area contributed by atoms with Gasteiger partial charge in [0.05, 0.1) is 48.8 Å². The monoisotopic (exact) mass is 404 g/mol. The van der Waals surface area contributed by atoms with Crippen molar-refractivity contribution in [1.29, 1.82) is 0 Å². The molecular weight excluding hydrogens is 376 g/mol. The number of imidazole rings is 1. The van der Waals surface area contributed by atoms with Gasteiger partial charge in [0, 0.05) is 33.3 Å². The summed E-state index contributed by atoms with van der Waals surface area (Å²) in [7, 11) is 4.03. The van der Waals surface area contributed by atoms with E-state index in [9.17, 15) is 0 Å². The molecule has 0 aliphatic carbocycles. The maximum absolute atomic E-state index is 5.51. The highest BCUT2D eigenvalue weighted by Crippen LogP contribution is 2.30. The molecule has 1 unspecified atom stereocenters. The maximum Gasteiger partial charge on any atom is 0.134 e. The third-order valence-corrected chi connectivity index (χ3v) is 5.64. The van der Waals surface area contributed by atoms with E-state index in [0.717, 1.165) is 61.0 Å². The van der Waals surface area contributed by atoms with Gasteiger partial charge in [-0.15, -0.1) is 5.92 Å². The fraction of sp³-hybridized carbons (Fsp3) is 0.435. The van der Waals surface area contributed by atoms with Crippen molar-refractivity contribution < 1.29 is 4.74 Å². The first-order chi connectivity index (χ1) is 14.6. The number of aryl methyl sites for hydroxylation is 2. The van der Waals surface area contributed by atoms with Gasteiger partial charge in [0.1, 0.15) is 17.4 Å². The standard InChI is InChI=1S/C23H28N6O/c1-5-7-20(29-8-10-30-11-9-29)18-12-17(6-2)22(15-24-18)28(4)23-13-21-19(14-25-23)26-16-27(21)3/h12-16,20H,6,8-11H2,1-4H3. The lowest BCUT2D eigenvalue weighted by Crippen LogP contribution is -2.39. The molecule has 0 bridgehead atoms. The van der Waals surface area contributed by atoms with Gasteiger partial charge in [-0.3, -0.25) is 9.88 Å². The average molecular weight is 405 g/mol. The van der Waals surface area contributed by atoms with Crippen molar-refractivity contribution in [3.63, 3.8) is 0 Å². The van der Waals surface area contributed by atoms with Gasteiger partial charge >= 0.3 is 0 Å². The third kappa shape index (κ3) is 3.89. The van der Waals surface area contributed by atoms with Crippen LogP contribution in [0.15, 0.2) is 30.9 Å². The van der Waals surface area contributed by atoms with Crippen molar-refractivity contribution in [2.24, 2.45) is 7.05 Å². The van der Waals surface area contributed by atoms with E-state index in [4.69, 9.17) is 9.72 Å². The van der Waals surface area contributed by atoms with Gasteiger partial charge in [0.15, 0.2) is 0 Å². The highest BCUT2D eigenvalue weighted by Gasteiger charge is 2.23. The van der Waals surface area contributed by atoms with E-state index in [1.807, 2.05) is 44.3 Å². The molecule has 0 amide bonds. The van der Waals surface area contributed by atoms with Crippen molar-refractivity contribution in [3.8, 4) is 11.8 Å². The molecule has 0 N–H and O–H groups in total. The number of ether oxygens (including phenoxy) is 1. The Kier molecular flexibility index (Phi) is 5.98. The van der Waals surface area contributed by atoms with Gasteiger partial charge in [0.2, 0.25) is 0 Å². The second kappa shape index (κ2) is 8.82. The molecule has 7 heteroatoms. The Balaban J connectivity index is 1.68. The summed E-state index contributed by atoms with van der Waals surface area (Å²) < 4.78 is 7.52. The normalized spacial score (nSPS) is 15.6. The molecule has 4 rings (SSSR count). The highest BCUT2D eigenvalue weighted by atomic mass is 16.5. The van der Waals surface area contributed by atoms with Crippen LogP contribution in [0, 0.1) is 11.8 Å². The maximum atomic E-state index is 5.51. The van der Waals surface area contributed by atoms with Crippen LogP contribution in [0.1, 0.15) is 31.1 Å². The molecule has 1 saturated heterocycles. The third-order valence-electron chi connectivity index (χ3n) is 5.64. The largest absolute Gasteiger partial charge is 0.379 e. The molecule has 0 radical (unpaired) electrons. The predicted molar refractivity (Wildman–Crippen MR) is 119 cm³/mol. The Hall–Kier alpha value is -2.95. The molecule has 4 heterocycles. The minimum Gasteiger partial charge on any atom is -0.379 e. The summed E-state index contributed by atoms with van der Waals surface area (Å²) in [5, 5.41) is 0. The summed E-state index contributed by atoms with van der Waals surface area (Å²) in [6.45, 7) is 7.29. The minimum absolute atomic E-state index is 0.00697. The van der Waals surface area contributed by atoms with Gasteiger partial charge < -0.3 is 14.2 Å². The summed E-state index contributed by atoms with van der Waals surface area (Å²) in [5.41, 5.74) is 5.23. The van der Waals surface area contributed by atoms with Crippen LogP contribution in [0.3, 0.4) is 0 Å². The molecule has 156 valence electrons. The minimum atomic E-state index is -0.00697. The van der Waals surface area contributed by atoms with Crippen LogP contribution in [0.25, 0.3) is 11.0 Å².